The summed E-state index contributed by atoms with van der Waals surface area (Å²) in [5.41, 5.74) is 8.66. The molecule has 0 aliphatic heterocycles. The standard InChI is InChI=1S/C13H20N4O/c1-2-5-18-6-3-4-15-13-8-12-10(7-11(13)14)9-16-17-12/h7-9,15H,2-6,14H2,1H3,(H,16,17). The van der Waals surface area contributed by atoms with E-state index < -0.39 is 0 Å². The number of aromatic amines is 1. The summed E-state index contributed by atoms with van der Waals surface area (Å²) in [6, 6.07) is 3.92. The van der Waals surface area contributed by atoms with Crippen LogP contribution in [0.2, 0.25) is 0 Å². The fourth-order valence-electron chi connectivity index (χ4n) is 1.81. The molecule has 5 heteroatoms. The number of nitrogens with one attached hydrogen (secondary N) is 2. The highest BCUT2D eigenvalue weighted by atomic mass is 16.5. The molecule has 0 saturated carbocycles. The molecule has 5 nitrogen and oxygen atoms in total. The van der Waals surface area contributed by atoms with Gasteiger partial charge in [-0.25, -0.2) is 0 Å². The van der Waals surface area contributed by atoms with E-state index >= 15 is 0 Å². The van der Waals surface area contributed by atoms with Crippen LogP contribution in [0.3, 0.4) is 0 Å². The zero-order valence-corrected chi connectivity index (χ0v) is 10.7. The third-order valence-corrected chi connectivity index (χ3v) is 2.74. The maximum Gasteiger partial charge on any atom is 0.0672 e. The predicted octanol–water partition coefficient (Wildman–Crippen LogP) is 2.37. The third-order valence-electron chi connectivity index (χ3n) is 2.74. The van der Waals surface area contributed by atoms with Gasteiger partial charge in [0.2, 0.25) is 0 Å². The van der Waals surface area contributed by atoms with E-state index in [-0.39, 0.29) is 0 Å². The Bertz CT molecular complexity index is 495. The second kappa shape index (κ2) is 6.26. The van der Waals surface area contributed by atoms with E-state index in [0.29, 0.717) is 0 Å². The molecule has 0 radical (unpaired) electrons. The number of rotatable bonds is 7. The quantitative estimate of drug-likeness (QED) is 0.519. The molecule has 0 amide bonds. The summed E-state index contributed by atoms with van der Waals surface area (Å²) in [7, 11) is 0. The van der Waals surface area contributed by atoms with Crippen molar-refractivity contribution in [1.82, 2.24) is 10.2 Å². The minimum Gasteiger partial charge on any atom is -0.397 e. The lowest BCUT2D eigenvalue weighted by molar-refractivity contribution is 0.134. The first-order chi connectivity index (χ1) is 8.81. The van der Waals surface area contributed by atoms with Crippen LogP contribution in [0.15, 0.2) is 18.3 Å². The average molecular weight is 248 g/mol. The highest BCUT2D eigenvalue weighted by Gasteiger charge is 2.02. The Hall–Kier alpha value is -1.75. The van der Waals surface area contributed by atoms with Gasteiger partial charge >= 0.3 is 0 Å². The highest BCUT2D eigenvalue weighted by molar-refractivity contribution is 5.88. The van der Waals surface area contributed by atoms with Crippen molar-refractivity contribution in [2.24, 2.45) is 0 Å². The fourth-order valence-corrected chi connectivity index (χ4v) is 1.81. The molecule has 0 aliphatic rings. The van der Waals surface area contributed by atoms with E-state index in [1.807, 2.05) is 12.1 Å². The minimum atomic E-state index is 0.748. The Balaban J connectivity index is 1.85. The Kier molecular flexibility index (Phi) is 4.41. The molecule has 1 aromatic heterocycles. The van der Waals surface area contributed by atoms with Gasteiger partial charge in [0.25, 0.3) is 0 Å². The zero-order chi connectivity index (χ0) is 12.8. The monoisotopic (exact) mass is 248 g/mol. The molecule has 0 saturated heterocycles. The average Bonchev–Trinajstić information content (AvgIpc) is 2.80. The van der Waals surface area contributed by atoms with E-state index in [1.54, 1.807) is 6.20 Å². The Morgan fingerprint density at radius 1 is 1.39 bits per heavy atom. The largest absolute Gasteiger partial charge is 0.397 e. The van der Waals surface area contributed by atoms with Crippen molar-refractivity contribution in [1.29, 1.82) is 0 Å². The molecule has 0 spiro atoms. The molecule has 2 rings (SSSR count). The SMILES string of the molecule is CCCOCCCNc1cc2[nH]ncc2cc1N. The molecule has 1 aromatic carbocycles. The lowest BCUT2D eigenvalue weighted by Gasteiger charge is -2.09. The second-order valence-electron chi connectivity index (χ2n) is 4.29. The van der Waals surface area contributed by atoms with E-state index in [4.69, 9.17) is 10.5 Å². The first-order valence-electron chi connectivity index (χ1n) is 6.35. The number of aromatic nitrogens is 2. The Morgan fingerprint density at radius 2 is 2.28 bits per heavy atom. The summed E-state index contributed by atoms with van der Waals surface area (Å²) < 4.78 is 5.42. The molecular formula is C13H20N4O. The van der Waals surface area contributed by atoms with Gasteiger partial charge < -0.3 is 15.8 Å². The van der Waals surface area contributed by atoms with Crippen LogP contribution in [0.1, 0.15) is 19.8 Å². The van der Waals surface area contributed by atoms with Crippen LogP contribution < -0.4 is 11.1 Å². The molecular weight excluding hydrogens is 228 g/mol. The van der Waals surface area contributed by atoms with Gasteiger partial charge in [0.05, 0.1) is 23.1 Å². The van der Waals surface area contributed by atoms with Crippen LogP contribution in [-0.2, 0) is 4.74 Å². The van der Waals surface area contributed by atoms with Crippen LogP contribution in [0, 0.1) is 0 Å². The van der Waals surface area contributed by atoms with Crippen molar-refractivity contribution in [3.63, 3.8) is 0 Å². The molecule has 0 atom stereocenters. The van der Waals surface area contributed by atoms with Gasteiger partial charge in [0.15, 0.2) is 0 Å². The second-order valence-corrected chi connectivity index (χ2v) is 4.29. The first kappa shape index (κ1) is 12.7. The van der Waals surface area contributed by atoms with Crippen molar-refractivity contribution < 1.29 is 4.74 Å². The summed E-state index contributed by atoms with van der Waals surface area (Å²) in [6.45, 7) is 4.58. The summed E-state index contributed by atoms with van der Waals surface area (Å²) >= 11 is 0. The lowest BCUT2D eigenvalue weighted by atomic mass is 10.2. The van der Waals surface area contributed by atoms with Crippen molar-refractivity contribution in [2.75, 3.05) is 30.8 Å². The maximum atomic E-state index is 5.97. The number of nitrogen functional groups attached to an aromatic ring is 1. The normalized spacial score (nSPS) is 10.9. The molecule has 0 bridgehead atoms. The first-order valence-corrected chi connectivity index (χ1v) is 6.35. The van der Waals surface area contributed by atoms with E-state index in [0.717, 1.165) is 54.9 Å². The minimum absolute atomic E-state index is 0.748. The molecule has 0 aliphatic carbocycles. The van der Waals surface area contributed by atoms with Gasteiger partial charge in [0, 0.05) is 25.1 Å². The van der Waals surface area contributed by atoms with E-state index in [2.05, 4.69) is 22.4 Å². The third kappa shape index (κ3) is 3.13. The zero-order valence-electron chi connectivity index (χ0n) is 10.7. The van der Waals surface area contributed by atoms with Gasteiger partial charge in [-0.2, -0.15) is 5.10 Å². The number of fused-ring (bicyclic) bond motifs is 1. The fraction of sp³-hybridized carbons (Fsp3) is 0.462. The van der Waals surface area contributed by atoms with E-state index in [1.165, 1.54) is 0 Å². The Morgan fingerprint density at radius 3 is 3.11 bits per heavy atom. The maximum absolute atomic E-state index is 5.97. The van der Waals surface area contributed by atoms with Crippen LogP contribution >= 0.6 is 0 Å². The van der Waals surface area contributed by atoms with Gasteiger partial charge in [-0.3, -0.25) is 5.10 Å². The summed E-state index contributed by atoms with van der Waals surface area (Å²) in [4.78, 5) is 0. The molecule has 1 heterocycles. The molecule has 0 fully saturated rings. The van der Waals surface area contributed by atoms with Gasteiger partial charge in [-0.05, 0) is 25.0 Å². The van der Waals surface area contributed by atoms with Gasteiger partial charge in [0.1, 0.15) is 0 Å². The molecule has 98 valence electrons. The number of anilines is 2. The van der Waals surface area contributed by atoms with Crippen molar-refractivity contribution in [2.45, 2.75) is 19.8 Å². The summed E-state index contributed by atoms with van der Waals surface area (Å²) in [5.74, 6) is 0. The van der Waals surface area contributed by atoms with Crippen molar-refractivity contribution in [3.05, 3.63) is 18.3 Å². The number of hydrogen-bond acceptors (Lipinski definition) is 4. The molecule has 2 aromatic rings. The number of H-pyrrole nitrogens is 1. The predicted molar refractivity (Wildman–Crippen MR) is 74.7 cm³/mol. The summed E-state index contributed by atoms with van der Waals surface area (Å²) in [5, 5.41) is 11.3. The van der Waals surface area contributed by atoms with Gasteiger partial charge in [-0.15, -0.1) is 0 Å². The number of ether oxygens (including phenoxy) is 1. The number of nitrogens with zero attached hydrogens (tertiary/aromatic N) is 1. The van der Waals surface area contributed by atoms with Crippen LogP contribution in [0.25, 0.3) is 10.9 Å². The van der Waals surface area contributed by atoms with Crippen LogP contribution in [0.4, 0.5) is 11.4 Å². The Labute approximate surface area is 107 Å². The van der Waals surface area contributed by atoms with Gasteiger partial charge in [-0.1, -0.05) is 6.92 Å². The number of hydrogen-bond donors (Lipinski definition) is 3. The molecule has 4 N–H and O–H groups in total. The topological polar surface area (TPSA) is 76.0 Å². The van der Waals surface area contributed by atoms with Crippen molar-refractivity contribution >= 4 is 22.3 Å². The number of nitrogens with two attached hydrogens (primary N) is 1. The smallest absolute Gasteiger partial charge is 0.0672 e. The number of benzene rings is 1. The lowest BCUT2D eigenvalue weighted by Crippen LogP contribution is -2.07. The molecule has 18 heavy (non-hydrogen) atoms. The molecule has 0 unspecified atom stereocenters. The van der Waals surface area contributed by atoms with Crippen LogP contribution in [-0.4, -0.2) is 30.0 Å². The summed E-state index contributed by atoms with van der Waals surface area (Å²) in [6.07, 6.45) is 3.81. The van der Waals surface area contributed by atoms with Crippen molar-refractivity contribution in [3.8, 4) is 0 Å². The van der Waals surface area contributed by atoms with Crippen LogP contribution in [0.5, 0.6) is 0 Å². The van der Waals surface area contributed by atoms with E-state index in [9.17, 15) is 0 Å². The highest BCUT2D eigenvalue weighted by Crippen LogP contribution is 2.24.